The molecule has 0 fully saturated rings. The fourth-order valence-electron chi connectivity index (χ4n) is 2.22. The molecule has 1 unspecified atom stereocenters. The molecule has 0 bridgehead atoms. The Hall–Kier alpha value is -0.340. The number of halogens is 2. The molecule has 6 heteroatoms. The zero-order valence-corrected chi connectivity index (χ0v) is 13.5. The van der Waals surface area contributed by atoms with E-state index < -0.39 is 0 Å². The van der Waals surface area contributed by atoms with Crippen molar-refractivity contribution in [3.05, 3.63) is 29.7 Å². The van der Waals surface area contributed by atoms with Gasteiger partial charge in [-0.15, -0.1) is 0 Å². The lowest BCUT2D eigenvalue weighted by Gasteiger charge is -2.21. The molecule has 0 aromatic carbocycles. The minimum atomic E-state index is -0.361. The maximum atomic E-state index is 14.1. The quantitative estimate of drug-likeness (QED) is 0.546. The molecule has 0 amide bonds. The van der Waals surface area contributed by atoms with Gasteiger partial charge in [-0.2, -0.15) is 0 Å². The highest BCUT2D eigenvalue weighted by Crippen LogP contribution is 2.34. The second kappa shape index (κ2) is 7.44. The van der Waals surface area contributed by atoms with Gasteiger partial charge >= 0.3 is 0 Å². The van der Waals surface area contributed by atoms with Crippen molar-refractivity contribution >= 4 is 40.6 Å². The van der Waals surface area contributed by atoms with E-state index in [1.807, 2.05) is 23.0 Å². The maximum absolute atomic E-state index is 14.1. The Morgan fingerprint density at radius 1 is 1.58 bits per heavy atom. The summed E-state index contributed by atoms with van der Waals surface area (Å²) >= 11 is 3.36. The van der Waals surface area contributed by atoms with E-state index in [4.69, 9.17) is 7.25 Å². The topological polar surface area (TPSA) is 31.4 Å². The zero-order chi connectivity index (χ0) is 13.7. The predicted octanol–water partition coefficient (Wildman–Crippen LogP) is 4.43. The minimum absolute atomic E-state index is 0.0643. The van der Waals surface area contributed by atoms with Gasteiger partial charge in [-0.3, -0.25) is 0 Å². The maximum Gasteiger partial charge on any atom is 0.250 e. The Bertz CT molecular complexity index is 470. The summed E-state index contributed by atoms with van der Waals surface area (Å²) in [5.41, 5.74) is 1.66. The van der Waals surface area contributed by atoms with Crippen molar-refractivity contribution in [1.29, 1.82) is 0 Å². The van der Waals surface area contributed by atoms with Gasteiger partial charge in [-0.1, -0.05) is 6.08 Å². The van der Waals surface area contributed by atoms with Crippen molar-refractivity contribution in [2.45, 2.75) is 19.3 Å². The fraction of sp³-hybridized carbons (Fsp3) is 0.462. The lowest BCUT2D eigenvalue weighted by molar-refractivity contribution is 0.368. The smallest absolute Gasteiger partial charge is 0.250 e. The molecule has 0 radical (unpaired) electrons. The first kappa shape index (κ1) is 15.1. The molecule has 1 aromatic heterocycles. The summed E-state index contributed by atoms with van der Waals surface area (Å²) in [5, 5.41) is 0. The Balaban J connectivity index is 2.10. The molecule has 0 spiro atoms. The van der Waals surface area contributed by atoms with Crippen molar-refractivity contribution in [1.82, 2.24) is 4.98 Å². The van der Waals surface area contributed by atoms with Gasteiger partial charge in [-0.25, -0.2) is 11.9 Å². The van der Waals surface area contributed by atoms with Crippen LogP contribution in [-0.4, -0.2) is 17.8 Å². The van der Waals surface area contributed by atoms with Crippen LogP contribution in [0.25, 0.3) is 5.57 Å². The van der Waals surface area contributed by atoms with E-state index in [0.717, 1.165) is 30.6 Å². The van der Waals surface area contributed by atoms with E-state index in [1.54, 1.807) is 12.3 Å². The van der Waals surface area contributed by atoms with Gasteiger partial charge in [0.2, 0.25) is 0 Å². The summed E-state index contributed by atoms with van der Waals surface area (Å²) in [6.07, 6.45) is 6.62. The molecular formula is C13H15FINO2S. The van der Waals surface area contributed by atoms with E-state index in [0.29, 0.717) is 11.5 Å². The number of aromatic nitrogens is 1. The molecule has 2 rings (SSSR count). The Morgan fingerprint density at radius 3 is 3.05 bits per heavy atom. The van der Waals surface area contributed by atoms with E-state index in [-0.39, 0.29) is 11.7 Å². The molecule has 19 heavy (non-hydrogen) atoms. The van der Waals surface area contributed by atoms with Gasteiger partial charge in [0.05, 0.1) is 7.11 Å². The van der Waals surface area contributed by atoms with Crippen LogP contribution in [0.4, 0.5) is 4.39 Å². The highest BCUT2D eigenvalue weighted by molar-refractivity contribution is 14.1. The lowest BCUT2D eigenvalue weighted by atomic mass is 9.88. The molecule has 3 nitrogen and oxygen atoms in total. The highest BCUT2D eigenvalue weighted by Gasteiger charge is 2.19. The lowest BCUT2D eigenvalue weighted by Crippen LogP contribution is -2.09. The highest BCUT2D eigenvalue weighted by atomic mass is 127. The summed E-state index contributed by atoms with van der Waals surface area (Å²) in [5.74, 6) is 1.29. The summed E-state index contributed by atoms with van der Waals surface area (Å²) in [6.45, 7) is 0. The summed E-state index contributed by atoms with van der Waals surface area (Å²) in [4.78, 5) is 3.86. The second-order valence-electron chi connectivity index (χ2n) is 4.40. The number of pyridine rings is 1. The van der Waals surface area contributed by atoms with Gasteiger partial charge in [0.1, 0.15) is 23.0 Å². The van der Waals surface area contributed by atoms with Crippen molar-refractivity contribution in [2.24, 2.45) is 5.92 Å². The van der Waals surface area contributed by atoms with Crippen molar-refractivity contribution in [3.63, 3.8) is 0 Å². The molecule has 0 N–H and O–H groups in total. The average molecular weight is 395 g/mol. The number of hydrogen-bond acceptors (Lipinski definition) is 4. The Kier molecular flexibility index (Phi) is 5.90. The summed E-state index contributed by atoms with van der Waals surface area (Å²) < 4.78 is 24.0. The molecule has 1 aliphatic rings. The third-order valence-corrected chi connectivity index (χ3v) is 4.72. The molecule has 0 saturated heterocycles. The van der Waals surface area contributed by atoms with Gasteiger partial charge < -0.3 is 4.74 Å². The molecule has 1 atom stereocenters. The number of allylic oxidation sites excluding steroid dienone is 2. The molecule has 1 aliphatic carbocycles. The second-order valence-corrected chi connectivity index (χ2v) is 6.17. The SMILES string of the molecule is COc1nccc(C2=CCC(CSOI)CC2)c1F. The van der Waals surface area contributed by atoms with E-state index >= 15 is 0 Å². The molecule has 1 aromatic rings. The predicted molar refractivity (Wildman–Crippen MR) is 83.6 cm³/mol. The van der Waals surface area contributed by atoms with E-state index in [2.05, 4.69) is 11.1 Å². The third-order valence-electron chi connectivity index (χ3n) is 3.26. The first-order valence-electron chi connectivity index (χ1n) is 6.04. The molecular weight excluding hydrogens is 380 g/mol. The van der Waals surface area contributed by atoms with Crippen LogP contribution in [-0.2, 0) is 2.51 Å². The number of methoxy groups -OCH3 is 1. The third kappa shape index (κ3) is 3.82. The largest absolute Gasteiger partial charge is 0.479 e. The van der Waals surface area contributed by atoms with Crippen LogP contribution >= 0.6 is 35.0 Å². The monoisotopic (exact) mass is 395 g/mol. The minimum Gasteiger partial charge on any atom is -0.479 e. The summed E-state index contributed by atoms with van der Waals surface area (Å²) in [7, 11) is 1.43. The normalized spacial score (nSPS) is 19.1. The Morgan fingerprint density at radius 2 is 2.42 bits per heavy atom. The van der Waals surface area contributed by atoms with Crippen LogP contribution in [0.5, 0.6) is 5.88 Å². The zero-order valence-electron chi connectivity index (χ0n) is 10.6. The van der Waals surface area contributed by atoms with Crippen molar-refractivity contribution in [2.75, 3.05) is 12.9 Å². The van der Waals surface area contributed by atoms with Crippen LogP contribution in [0.2, 0.25) is 0 Å². The first-order valence-corrected chi connectivity index (χ1v) is 7.83. The van der Waals surface area contributed by atoms with Gasteiger partial charge in [0.25, 0.3) is 5.88 Å². The standard InChI is InChI=1S/C13H15FINO2S/c1-17-13-12(14)11(6-7-16-13)10-4-2-9(3-5-10)8-19-18-15/h4,6-7,9H,2-3,5,8H2,1H3. The van der Waals surface area contributed by atoms with Crippen LogP contribution in [0, 0.1) is 11.7 Å². The van der Waals surface area contributed by atoms with Crippen LogP contribution in [0.1, 0.15) is 24.8 Å². The van der Waals surface area contributed by atoms with Crippen LogP contribution < -0.4 is 4.74 Å². The molecule has 0 saturated carbocycles. The average Bonchev–Trinajstić information content (AvgIpc) is 2.46. The Labute approximate surface area is 130 Å². The van der Waals surface area contributed by atoms with E-state index in [1.165, 1.54) is 19.2 Å². The molecule has 0 aliphatic heterocycles. The molecule has 104 valence electrons. The summed E-state index contributed by atoms with van der Waals surface area (Å²) in [6, 6.07) is 1.71. The van der Waals surface area contributed by atoms with Crippen LogP contribution in [0.3, 0.4) is 0 Å². The van der Waals surface area contributed by atoms with Gasteiger partial charge in [0.15, 0.2) is 5.82 Å². The van der Waals surface area contributed by atoms with Crippen LogP contribution in [0.15, 0.2) is 18.3 Å². The number of rotatable bonds is 5. The fourth-order valence-corrected chi connectivity index (χ4v) is 3.21. The van der Waals surface area contributed by atoms with Crippen molar-refractivity contribution in [3.8, 4) is 5.88 Å². The number of hydrogen-bond donors (Lipinski definition) is 0. The first-order chi connectivity index (χ1) is 9.26. The molecule has 1 heterocycles. The van der Waals surface area contributed by atoms with Crippen molar-refractivity contribution < 1.29 is 11.6 Å². The number of nitrogens with zero attached hydrogens (tertiary/aromatic N) is 1. The van der Waals surface area contributed by atoms with Gasteiger partial charge in [-0.05, 0) is 36.8 Å². The van der Waals surface area contributed by atoms with E-state index in [9.17, 15) is 4.39 Å². The number of ether oxygens (including phenoxy) is 1. The van der Waals surface area contributed by atoms with Gasteiger partial charge in [0, 0.05) is 29.6 Å².